The van der Waals surface area contributed by atoms with Crippen LogP contribution < -0.4 is 10.5 Å². The topological polar surface area (TPSA) is 81.9 Å². The van der Waals surface area contributed by atoms with E-state index in [1.165, 1.54) is 24.3 Å². The lowest BCUT2D eigenvalue weighted by Crippen LogP contribution is -2.58. The van der Waals surface area contributed by atoms with Gasteiger partial charge in [-0.15, -0.1) is 0 Å². The normalized spacial score (nSPS) is 20.6. The minimum absolute atomic E-state index is 0.0222. The standard InChI is InChI=1S/C18H25FN2O4/c1-13(2)9-17(23)21-7-8-25-18(11-21,10-16(20)22)12-24-15-5-3-14(19)4-6-15/h3-6,13H,7-12H2,1-2H3,(H2,20,22)/t18-/m0/s1. The minimum Gasteiger partial charge on any atom is -0.490 e. The van der Waals surface area contributed by atoms with Gasteiger partial charge in [0.15, 0.2) is 0 Å². The zero-order valence-corrected chi connectivity index (χ0v) is 14.7. The van der Waals surface area contributed by atoms with Gasteiger partial charge in [-0.1, -0.05) is 13.8 Å². The van der Waals surface area contributed by atoms with Crippen molar-refractivity contribution in [3.8, 4) is 5.75 Å². The number of primary amides is 1. The van der Waals surface area contributed by atoms with Crippen molar-refractivity contribution < 1.29 is 23.5 Å². The van der Waals surface area contributed by atoms with Crippen LogP contribution >= 0.6 is 0 Å². The molecule has 2 amide bonds. The summed E-state index contributed by atoms with van der Waals surface area (Å²) in [4.78, 5) is 25.6. The van der Waals surface area contributed by atoms with E-state index in [-0.39, 0.29) is 37.2 Å². The van der Waals surface area contributed by atoms with Crippen molar-refractivity contribution >= 4 is 11.8 Å². The molecule has 7 heteroatoms. The summed E-state index contributed by atoms with van der Waals surface area (Å²) < 4.78 is 24.5. The first kappa shape index (κ1) is 19.2. The Morgan fingerprint density at radius 1 is 1.36 bits per heavy atom. The Balaban J connectivity index is 2.08. The first-order valence-electron chi connectivity index (χ1n) is 8.38. The second-order valence-electron chi connectivity index (χ2n) is 6.83. The highest BCUT2D eigenvalue weighted by Crippen LogP contribution is 2.25. The number of morpholine rings is 1. The molecule has 2 rings (SSSR count). The van der Waals surface area contributed by atoms with E-state index in [0.29, 0.717) is 25.3 Å². The van der Waals surface area contributed by atoms with Crippen molar-refractivity contribution in [2.75, 3.05) is 26.3 Å². The van der Waals surface area contributed by atoms with E-state index in [0.717, 1.165) is 0 Å². The molecule has 1 fully saturated rings. The Morgan fingerprint density at radius 2 is 2.04 bits per heavy atom. The molecule has 138 valence electrons. The molecule has 6 nitrogen and oxygen atoms in total. The smallest absolute Gasteiger partial charge is 0.223 e. The lowest BCUT2D eigenvalue weighted by atomic mass is 9.96. The molecule has 1 heterocycles. The second kappa shape index (κ2) is 8.29. The zero-order valence-electron chi connectivity index (χ0n) is 14.7. The molecular formula is C18H25FN2O4. The van der Waals surface area contributed by atoms with Gasteiger partial charge in [0.25, 0.3) is 0 Å². The molecule has 1 atom stereocenters. The van der Waals surface area contributed by atoms with Crippen LogP contribution in [0.15, 0.2) is 24.3 Å². The Morgan fingerprint density at radius 3 is 2.64 bits per heavy atom. The number of ether oxygens (including phenoxy) is 2. The van der Waals surface area contributed by atoms with E-state index in [4.69, 9.17) is 15.2 Å². The van der Waals surface area contributed by atoms with Crippen LogP contribution in [0.1, 0.15) is 26.7 Å². The van der Waals surface area contributed by atoms with Crippen molar-refractivity contribution in [3.05, 3.63) is 30.1 Å². The van der Waals surface area contributed by atoms with Gasteiger partial charge in [0.05, 0.1) is 19.6 Å². The summed E-state index contributed by atoms with van der Waals surface area (Å²) in [6.45, 7) is 5.03. The Labute approximate surface area is 147 Å². The fourth-order valence-electron chi connectivity index (χ4n) is 2.84. The van der Waals surface area contributed by atoms with E-state index in [1.807, 2.05) is 13.8 Å². The highest BCUT2D eigenvalue weighted by Gasteiger charge is 2.40. The predicted octanol–water partition coefficient (Wildman–Crippen LogP) is 1.72. The van der Waals surface area contributed by atoms with Crippen molar-refractivity contribution in [3.63, 3.8) is 0 Å². The molecule has 0 aromatic heterocycles. The van der Waals surface area contributed by atoms with Crippen LogP contribution in [0.2, 0.25) is 0 Å². The maximum Gasteiger partial charge on any atom is 0.223 e. The Bertz CT molecular complexity index is 606. The Hall–Kier alpha value is -2.15. The third-order valence-electron chi connectivity index (χ3n) is 4.00. The molecular weight excluding hydrogens is 327 g/mol. The second-order valence-corrected chi connectivity index (χ2v) is 6.83. The van der Waals surface area contributed by atoms with Crippen LogP contribution in [0.3, 0.4) is 0 Å². The van der Waals surface area contributed by atoms with Gasteiger partial charge in [-0.3, -0.25) is 9.59 Å². The lowest BCUT2D eigenvalue weighted by molar-refractivity contribution is -0.162. The zero-order chi connectivity index (χ0) is 18.4. The number of rotatable bonds is 7. The van der Waals surface area contributed by atoms with Crippen LogP contribution in [0.5, 0.6) is 5.75 Å². The minimum atomic E-state index is -0.995. The summed E-state index contributed by atoms with van der Waals surface area (Å²) in [7, 11) is 0. The van der Waals surface area contributed by atoms with E-state index in [2.05, 4.69) is 0 Å². The van der Waals surface area contributed by atoms with Gasteiger partial charge in [-0.05, 0) is 30.2 Å². The Kier molecular flexibility index (Phi) is 6.36. The molecule has 2 N–H and O–H groups in total. The number of hydrogen-bond donors (Lipinski definition) is 1. The fourth-order valence-corrected chi connectivity index (χ4v) is 2.84. The third-order valence-corrected chi connectivity index (χ3v) is 4.00. The number of nitrogens with two attached hydrogens (primary N) is 1. The SMILES string of the molecule is CC(C)CC(=O)N1CCO[C@@](COc2ccc(F)cc2)(CC(N)=O)C1. The highest BCUT2D eigenvalue weighted by atomic mass is 19.1. The average molecular weight is 352 g/mol. The number of carbonyl (C=O) groups is 2. The van der Waals surface area contributed by atoms with Crippen LogP contribution in [0.25, 0.3) is 0 Å². The molecule has 0 radical (unpaired) electrons. The molecule has 25 heavy (non-hydrogen) atoms. The van der Waals surface area contributed by atoms with E-state index >= 15 is 0 Å². The average Bonchev–Trinajstić information content (AvgIpc) is 2.53. The summed E-state index contributed by atoms with van der Waals surface area (Å²) >= 11 is 0. The molecule has 0 aliphatic carbocycles. The summed E-state index contributed by atoms with van der Waals surface area (Å²) in [5.41, 5.74) is 4.38. The molecule has 0 bridgehead atoms. The lowest BCUT2D eigenvalue weighted by Gasteiger charge is -2.42. The van der Waals surface area contributed by atoms with Crippen LogP contribution in [-0.4, -0.2) is 48.6 Å². The van der Waals surface area contributed by atoms with Gasteiger partial charge in [-0.2, -0.15) is 0 Å². The first-order chi connectivity index (χ1) is 11.8. The number of halogens is 1. The molecule has 0 saturated carbocycles. The number of amides is 2. The number of nitrogens with zero attached hydrogens (tertiary/aromatic N) is 1. The van der Waals surface area contributed by atoms with Gasteiger partial charge in [0.2, 0.25) is 11.8 Å². The molecule has 0 unspecified atom stereocenters. The quantitative estimate of drug-likeness (QED) is 0.810. The first-order valence-corrected chi connectivity index (χ1v) is 8.38. The maximum atomic E-state index is 13.0. The maximum absolute atomic E-state index is 13.0. The fraction of sp³-hybridized carbons (Fsp3) is 0.556. The van der Waals surface area contributed by atoms with Crippen LogP contribution in [0, 0.1) is 11.7 Å². The summed E-state index contributed by atoms with van der Waals surface area (Å²) in [5, 5.41) is 0. The molecule has 1 aromatic rings. The van der Waals surface area contributed by atoms with Gasteiger partial charge in [0, 0.05) is 13.0 Å². The third kappa shape index (κ3) is 5.70. The number of hydrogen-bond acceptors (Lipinski definition) is 4. The van der Waals surface area contributed by atoms with Crippen molar-refractivity contribution in [1.82, 2.24) is 4.90 Å². The summed E-state index contributed by atoms with van der Waals surface area (Å²) in [5.74, 6) is -0.163. The van der Waals surface area contributed by atoms with E-state index in [9.17, 15) is 14.0 Å². The monoisotopic (exact) mass is 352 g/mol. The van der Waals surface area contributed by atoms with Crippen molar-refractivity contribution in [1.29, 1.82) is 0 Å². The van der Waals surface area contributed by atoms with Gasteiger partial charge in [-0.25, -0.2) is 4.39 Å². The van der Waals surface area contributed by atoms with Gasteiger partial charge in [0.1, 0.15) is 23.8 Å². The van der Waals surface area contributed by atoms with Crippen LogP contribution in [0.4, 0.5) is 4.39 Å². The van der Waals surface area contributed by atoms with Gasteiger partial charge >= 0.3 is 0 Å². The number of benzene rings is 1. The van der Waals surface area contributed by atoms with E-state index < -0.39 is 11.5 Å². The van der Waals surface area contributed by atoms with E-state index in [1.54, 1.807) is 4.90 Å². The van der Waals surface area contributed by atoms with Crippen molar-refractivity contribution in [2.45, 2.75) is 32.3 Å². The molecule has 1 aliphatic rings. The largest absolute Gasteiger partial charge is 0.490 e. The molecule has 1 saturated heterocycles. The summed E-state index contributed by atoms with van der Waals surface area (Å²) in [6, 6.07) is 5.57. The predicted molar refractivity (Wildman–Crippen MR) is 90.4 cm³/mol. The van der Waals surface area contributed by atoms with Crippen molar-refractivity contribution in [2.24, 2.45) is 11.7 Å². The number of carbonyl (C=O) groups excluding carboxylic acids is 2. The molecule has 1 aliphatic heterocycles. The molecule has 0 spiro atoms. The van der Waals surface area contributed by atoms with Crippen LogP contribution in [-0.2, 0) is 14.3 Å². The highest BCUT2D eigenvalue weighted by molar-refractivity contribution is 5.77. The molecule has 1 aromatic carbocycles. The van der Waals surface area contributed by atoms with Gasteiger partial charge < -0.3 is 20.1 Å². The summed E-state index contributed by atoms with van der Waals surface area (Å²) in [6.07, 6.45) is 0.380.